The second kappa shape index (κ2) is 7.06. The Hall–Kier alpha value is -2.44. The highest BCUT2D eigenvalue weighted by Crippen LogP contribution is 2.65. The second-order valence-electron chi connectivity index (χ2n) is 9.62. The van der Waals surface area contributed by atoms with Gasteiger partial charge < -0.3 is 13.9 Å². The zero-order valence-electron chi connectivity index (χ0n) is 17.8. The van der Waals surface area contributed by atoms with Gasteiger partial charge in [0.2, 0.25) is 0 Å². The van der Waals surface area contributed by atoms with Gasteiger partial charge in [-0.25, -0.2) is 0 Å². The molecule has 0 bridgehead atoms. The van der Waals surface area contributed by atoms with Crippen LogP contribution in [-0.4, -0.2) is 29.6 Å². The van der Waals surface area contributed by atoms with Crippen molar-refractivity contribution in [1.29, 1.82) is 0 Å². The number of cyclic esters (lactones) is 1. The van der Waals surface area contributed by atoms with E-state index in [4.69, 9.17) is 13.9 Å². The van der Waals surface area contributed by atoms with Crippen molar-refractivity contribution in [2.75, 3.05) is 0 Å². The molecule has 0 N–H and O–H groups in total. The summed E-state index contributed by atoms with van der Waals surface area (Å²) in [5, 5.41) is 0. The van der Waals surface area contributed by atoms with Crippen LogP contribution in [0.5, 0.6) is 0 Å². The summed E-state index contributed by atoms with van der Waals surface area (Å²) in [6.45, 7) is 6.74. The molecule has 1 saturated heterocycles. The van der Waals surface area contributed by atoms with Gasteiger partial charge in [-0.15, -0.1) is 0 Å². The fourth-order valence-electron chi connectivity index (χ4n) is 6.59. The first-order valence-corrected chi connectivity index (χ1v) is 10.5. The lowest BCUT2D eigenvalue weighted by Gasteiger charge is -2.61. The number of rotatable bonds is 3. The minimum absolute atomic E-state index is 0.0148. The third kappa shape index (κ3) is 3.01. The predicted molar refractivity (Wildman–Crippen MR) is 104 cm³/mol. The molecule has 4 rings (SSSR count). The van der Waals surface area contributed by atoms with Gasteiger partial charge in [-0.2, -0.15) is 0 Å². The zero-order valence-corrected chi connectivity index (χ0v) is 17.8. The quantitative estimate of drug-likeness (QED) is 0.696. The Bertz CT molecular complexity index is 887. The molecule has 3 aliphatic rings. The minimum atomic E-state index is -0.963. The summed E-state index contributed by atoms with van der Waals surface area (Å²) in [6, 6.07) is 1.76. The molecule has 2 aliphatic carbocycles. The number of carbonyl (C=O) groups excluding carboxylic acids is 4. The van der Waals surface area contributed by atoms with E-state index in [1.165, 1.54) is 20.1 Å². The third-order valence-electron chi connectivity index (χ3n) is 7.82. The van der Waals surface area contributed by atoms with Crippen LogP contribution in [0, 0.1) is 28.6 Å². The smallest absolute Gasteiger partial charge is 0.310 e. The maximum Gasteiger partial charge on any atom is 0.310 e. The summed E-state index contributed by atoms with van der Waals surface area (Å²) in [7, 11) is 0. The predicted octanol–water partition coefficient (Wildman–Crippen LogP) is 3.42. The number of esters is 2. The summed E-state index contributed by atoms with van der Waals surface area (Å²) in [5.74, 6) is -2.50. The van der Waals surface area contributed by atoms with E-state index in [9.17, 15) is 19.2 Å². The van der Waals surface area contributed by atoms with Crippen molar-refractivity contribution in [2.24, 2.45) is 28.6 Å². The van der Waals surface area contributed by atoms with Gasteiger partial charge >= 0.3 is 11.9 Å². The van der Waals surface area contributed by atoms with Crippen molar-refractivity contribution in [3.05, 3.63) is 24.2 Å². The molecular formula is C23H28O7. The van der Waals surface area contributed by atoms with Crippen LogP contribution in [0.1, 0.15) is 65.0 Å². The molecular weight excluding hydrogens is 388 g/mol. The van der Waals surface area contributed by atoms with Crippen LogP contribution in [0.4, 0.5) is 0 Å². The van der Waals surface area contributed by atoms with E-state index in [-0.39, 0.29) is 24.0 Å². The summed E-state index contributed by atoms with van der Waals surface area (Å²) >= 11 is 0. The molecule has 3 fully saturated rings. The lowest BCUT2D eigenvalue weighted by molar-refractivity contribution is -0.207. The highest BCUT2D eigenvalue weighted by atomic mass is 16.6. The average Bonchev–Trinajstić information content (AvgIpc) is 3.17. The summed E-state index contributed by atoms with van der Waals surface area (Å²) < 4.78 is 16.2. The number of hydrogen-bond donors (Lipinski definition) is 0. The fourth-order valence-corrected chi connectivity index (χ4v) is 6.59. The van der Waals surface area contributed by atoms with Gasteiger partial charge in [0.25, 0.3) is 0 Å². The standard InChI is InChI=1S/C23H28O7/c1-12(24)16-9-17(29-13(2)25)19(26)20-22(16,3)7-5-15-21(27)30-18(10-23(15,20)4)14-6-8-28-11-14/h6,8,11,15-18,20H,5,7,9-10H2,1-4H3/t15?,16-,17-,18-,20?,22-,23-/m0/s1. The van der Waals surface area contributed by atoms with E-state index >= 15 is 0 Å². The Labute approximate surface area is 175 Å². The van der Waals surface area contributed by atoms with Gasteiger partial charge in [-0.3, -0.25) is 19.2 Å². The molecule has 0 amide bonds. The second-order valence-corrected chi connectivity index (χ2v) is 9.62. The van der Waals surface area contributed by atoms with Gasteiger partial charge in [0, 0.05) is 30.7 Å². The number of hydrogen-bond acceptors (Lipinski definition) is 7. The van der Waals surface area contributed by atoms with E-state index in [1.807, 2.05) is 13.8 Å². The summed E-state index contributed by atoms with van der Waals surface area (Å²) in [4.78, 5) is 50.9. The third-order valence-corrected chi connectivity index (χ3v) is 7.82. The lowest BCUT2D eigenvalue weighted by atomic mass is 9.42. The Balaban J connectivity index is 1.79. The maximum absolute atomic E-state index is 13.7. The Kier molecular flexibility index (Phi) is 4.90. The van der Waals surface area contributed by atoms with Gasteiger partial charge in [-0.05, 0) is 43.1 Å². The minimum Gasteiger partial charge on any atom is -0.472 e. The molecule has 1 aliphatic heterocycles. The Morgan fingerprint density at radius 2 is 1.90 bits per heavy atom. The highest BCUT2D eigenvalue weighted by Gasteiger charge is 2.67. The van der Waals surface area contributed by atoms with Gasteiger partial charge in [0.1, 0.15) is 11.9 Å². The number of ether oxygens (including phenoxy) is 2. The molecule has 1 aromatic rings. The molecule has 162 valence electrons. The first kappa shape index (κ1) is 20.8. The van der Waals surface area contributed by atoms with Crippen LogP contribution in [0.25, 0.3) is 0 Å². The fraction of sp³-hybridized carbons (Fsp3) is 0.652. The number of Topliss-reactive ketones (excluding diaryl/α,β-unsaturated/α-hetero) is 2. The molecule has 2 saturated carbocycles. The van der Waals surface area contributed by atoms with Crippen molar-refractivity contribution >= 4 is 23.5 Å². The molecule has 0 radical (unpaired) electrons. The first-order chi connectivity index (χ1) is 14.1. The van der Waals surface area contributed by atoms with E-state index < -0.39 is 46.8 Å². The zero-order chi connectivity index (χ0) is 21.8. The largest absolute Gasteiger partial charge is 0.472 e. The number of furan rings is 1. The van der Waals surface area contributed by atoms with Crippen molar-refractivity contribution in [3.63, 3.8) is 0 Å². The van der Waals surface area contributed by atoms with Gasteiger partial charge in [0.15, 0.2) is 11.9 Å². The van der Waals surface area contributed by atoms with Gasteiger partial charge in [0.05, 0.1) is 18.4 Å². The van der Waals surface area contributed by atoms with E-state index in [0.29, 0.717) is 19.3 Å². The van der Waals surface area contributed by atoms with Crippen molar-refractivity contribution in [3.8, 4) is 0 Å². The van der Waals surface area contributed by atoms with Crippen LogP contribution < -0.4 is 0 Å². The van der Waals surface area contributed by atoms with E-state index in [1.54, 1.807) is 12.3 Å². The van der Waals surface area contributed by atoms with E-state index in [2.05, 4.69) is 0 Å². The molecule has 2 heterocycles. The lowest BCUT2D eigenvalue weighted by Crippen LogP contribution is -2.64. The van der Waals surface area contributed by atoms with Crippen molar-refractivity contribution in [1.82, 2.24) is 0 Å². The van der Waals surface area contributed by atoms with Crippen LogP contribution in [-0.2, 0) is 28.7 Å². The Morgan fingerprint density at radius 1 is 1.17 bits per heavy atom. The molecule has 7 nitrogen and oxygen atoms in total. The number of ketones is 2. The van der Waals surface area contributed by atoms with Crippen LogP contribution in [0.15, 0.2) is 23.0 Å². The Morgan fingerprint density at radius 3 is 2.50 bits per heavy atom. The van der Waals surface area contributed by atoms with Crippen LogP contribution >= 0.6 is 0 Å². The molecule has 2 unspecified atom stereocenters. The monoisotopic (exact) mass is 416 g/mol. The average molecular weight is 416 g/mol. The topological polar surface area (TPSA) is 99.9 Å². The van der Waals surface area contributed by atoms with Crippen molar-refractivity contribution < 1.29 is 33.1 Å². The number of fused-ring (bicyclic) bond motifs is 3. The van der Waals surface area contributed by atoms with Crippen LogP contribution in [0.3, 0.4) is 0 Å². The van der Waals surface area contributed by atoms with Gasteiger partial charge in [-0.1, -0.05) is 13.8 Å². The van der Waals surface area contributed by atoms with Crippen LogP contribution in [0.2, 0.25) is 0 Å². The molecule has 7 atom stereocenters. The molecule has 0 spiro atoms. The summed E-state index contributed by atoms with van der Waals surface area (Å²) in [5.41, 5.74) is -0.560. The van der Waals surface area contributed by atoms with E-state index in [0.717, 1.165) is 5.56 Å². The number of carbonyl (C=O) groups is 4. The molecule has 0 aromatic carbocycles. The normalized spacial score (nSPS) is 40.7. The molecule has 7 heteroatoms. The molecule has 30 heavy (non-hydrogen) atoms. The highest BCUT2D eigenvalue weighted by molar-refractivity contribution is 5.93. The first-order valence-electron chi connectivity index (χ1n) is 10.5. The van der Waals surface area contributed by atoms with Crippen molar-refractivity contribution in [2.45, 2.75) is 65.6 Å². The molecule has 1 aromatic heterocycles. The SMILES string of the molecule is CC(=O)O[C@H]1C[C@@H](C(C)=O)[C@]2(C)CCC3C(=O)O[C@H](c4ccoc4)C[C@]3(C)C2C1=O. The summed E-state index contributed by atoms with van der Waals surface area (Å²) in [6.07, 6.45) is 3.39. The maximum atomic E-state index is 13.7.